The van der Waals surface area contributed by atoms with E-state index in [1.54, 1.807) is 35.4 Å². The fourth-order valence-electron chi connectivity index (χ4n) is 3.86. The molecule has 2 heterocycles. The third-order valence-corrected chi connectivity index (χ3v) is 5.35. The molecule has 0 aliphatic carbocycles. The molecule has 0 bridgehead atoms. The largest absolute Gasteiger partial charge is 0.444 e. The van der Waals surface area contributed by atoms with Crippen LogP contribution < -0.4 is 10.6 Å². The highest BCUT2D eigenvalue weighted by molar-refractivity contribution is 5.99. The van der Waals surface area contributed by atoms with E-state index in [4.69, 9.17) is 4.74 Å². The van der Waals surface area contributed by atoms with E-state index in [2.05, 4.69) is 20.5 Å². The third-order valence-electron chi connectivity index (χ3n) is 5.35. The Morgan fingerprint density at radius 1 is 1.12 bits per heavy atom. The van der Waals surface area contributed by atoms with Crippen molar-refractivity contribution in [1.82, 2.24) is 14.8 Å². The fraction of sp³-hybridized carbons (Fsp3) is 0.458. The van der Waals surface area contributed by atoms with Gasteiger partial charge in [0.1, 0.15) is 5.60 Å². The summed E-state index contributed by atoms with van der Waals surface area (Å²) in [5.74, 6) is -0.479. The maximum absolute atomic E-state index is 15.2. The second kappa shape index (κ2) is 10.2. The molecule has 2 aromatic rings. The average Bonchev–Trinajstić information content (AvgIpc) is 2.72. The van der Waals surface area contributed by atoms with Gasteiger partial charge in [0.05, 0.1) is 17.6 Å². The molecule has 1 aromatic heterocycles. The first-order valence-corrected chi connectivity index (χ1v) is 11.0. The molecule has 1 saturated heterocycles. The third kappa shape index (κ3) is 6.64. The van der Waals surface area contributed by atoms with Crippen molar-refractivity contribution in [1.29, 1.82) is 0 Å². The van der Waals surface area contributed by atoms with Crippen LogP contribution in [0.3, 0.4) is 0 Å². The second-order valence-corrected chi connectivity index (χ2v) is 9.36. The standard InChI is InChI=1S/C24H32FN5O3/c1-16-13-29(23(32)33-24(3,4)5)14-17(2)30(16)15-18-8-6-10-20(21(18)25)28-22(31)27-19-9-7-11-26-12-19/h6-12,16-17H,13-15H2,1-5H3,(H2,27,28,31)/t16-,17+. The monoisotopic (exact) mass is 457 g/mol. The van der Waals surface area contributed by atoms with Crippen molar-refractivity contribution in [2.75, 3.05) is 23.7 Å². The first kappa shape index (κ1) is 24.4. The van der Waals surface area contributed by atoms with Gasteiger partial charge in [0.25, 0.3) is 0 Å². The Morgan fingerprint density at radius 2 is 1.82 bits per heavy atom. The van der Waals surface area contributed by atoms with Crippen molar-refractivity contribution in [3.05, 3.63) is 54.1 Å². The van der Waals surface area contributed by atoms with E-state index in [0.29, 0.717) is 30.9 Å². The van der Waals surface area contributed by atoms with Crippen molar-refractivity contribution >= 4 is 23.5 Å². The van der Waals surface area contributed by atoms with Crippen LogP contribution in [0.2, 0.25) is 0 Å². The van der Waals surface area contributed by atoms with E-state index >= 15 is 4.39 Å². The number of rotatable bonds is 4. The van der Waals surface area contributed by atoms with Gasteiger partial charge in [0.2, 0.25) is 0 Å². The van der Waals surface area contributed by atoms with Gasteiger partial charge in [-0.25, -0.2) is 14.0 Å². The van der Waals surface area contributed by atoms with Crippen LogP contribution in [0.5, 0.6) is 0 Å². The molecule has 1 aliphatic heterocycles. The van der Waals surface area contributed by atoms with Gasteiger partial charge in [0, 0.05) is 43.5 Å². The van der Waals surface area contributed by atoms with E-state index in [-0.39, 0.29) is 23.9 Å². The topological polar surface area (TPSA) is 86.8 Å². The van der Waals surface area contributed by atoms with Crippen LogP contribution in [0.15, 0.2) is 42.7 Å². The summed E-state index contributed by atoms with van der Waals surface area (Å²) in [6, 6.07) is 7.79. The summed E-state index contributed by atoms with van der Waals surface area (Å²) >= 11 is 0. The molecule has 9 heteroatoms. The summed E-state index contributed by atoms with van der Waals surface area (Å²) in [4.78, 5) is 32.5. The zero-order valence-corrected chi connectivity index (χ0v) is 19.8. The number of ether oxygens (including phenoxy) is 1. The van der Waals surface area contributed by atoms with Gasteiger partial charge < -0.3 is 20.3 Å². The number of nitrogens with zero attached hydrogens (tertiary/aromatic N) is 3. The lowest BCUT2D eigenvalue weighted by Crippen LogP contribution is -2.58. The Labute approximate surface area is 194 Å². The van der Waals surface area contributed by atoms with Gasteiger partial charge in [-0.3, -0.25) is 9.88 Å². The highest BCUT2D eigenvalue weighted by Crippen LogP contribution is 2.25. The predicted octanol–water partition coefficient (Wildman–Crippen LogP) is 4.69. The molecule has 3 rings (SSSR count). The number of anilines is 2. The number of benzene rings is 1. The molecule has 3 amide bonds. The van der Waals surface area contributed by atoms with Gasteiger partial charge >= 0.3 is 12.1 Å². The molecule has 1 aromatic carbocycles. The normalized spacial score (nSPS) is 19.2. The molecule has 178 valence electrons. The molecule has 1 aliphatic rings. The molecular weight excluding hydrogens is 425 g/mol. The molecule has 0 spiro atoms. The van der Waals surface area contributed by atoms with E-state index in [1.807, 2.05) is 34.6 Å². The Balaban J connectivity index is 1.65. The van der Waals surface area contributed by atoms with Gasteiger partial charge in [-0.2, -0.15) is 0 Å². The quantitative estimate of drug-likeness (QED) is 0.695. The van der Waals surface area contributed by atoms with Gasteiger partial charge in [-0.05, 0) is 52.8 Å². The van der Waals surface area contributed by atoms with Gasteiger partial charge in [0.15, 0.2) is 5.82 Å². The van der Waals surface area contributed by atoms with E-state index in [1.165, 1.54) is 12.3 Å². The van der Waals surface area contributed by atoms with Crippen molar-refractivity contribution in [3.8, 4) is 0 Å². The molecular formula is C24H32FN5O3. The maximum atomic E-state index is 15.2. The van der Waals surface area contributed by atoms with Crippen molar-refractivity contribution in [2.45, 2.75) is 58.8 Å². The number of carbonyl (C=O) groups excluding carboxylic acids is 2. The molecule has 0 unspecified atom stereocenters. The average molecular weight is 458 g/mol. The zero-order valence-electron chi connectivity index (χ0n) is 19.8. The van der Waals surface area contributed by atoms with Crippen LogP contribution >= 0.6 is 0 Å². The lowest BCUT2D eigenvalue weighted by atomic mass is 10.1. The van der Waals surface area contributed by atoms with Crippen molar-refractivity contribution < 1.29 is 18.7 Å². The smallest absolute Gasteiger partial charge is 0.410 e. The van der Waals surface area contributed by atoms with Crippen molar-refractivity contribution in [3.63, 3.8) is 0 Å². The molecule has 2 atom stereocenters. The minimum atomic E-state index is -0.555. The fourth-order valence-corrected chi connectivity index (χ4v) is 3.86. The molecule has 2 N–H and O–H groups in total. The van der Waals surface area contributed by atoms with Crippen LogP contribution in [-0.2, 0) is 11.3 Å². The van der Waals surface area contributed by atoms with Crippen LogP contribution in [0.1, 0.15) is 40.2 Å². The summed E-state index contributed by atoms with van der Waals surface area (Å²) in [7, 11) is 0. The number of pyridine rings is 1. The summed E-state index contributed by atoms with van der Waals surface area (Å²) in [6.45, 7) is 10.9. The minimum Gasteiger partial charge on any atom is -0.444 e. The van der Waals surface area contributed by atoms with E-state index in [0.717, 1.165) is 0 Å². The Hall–Kier alpha value is -3.20. The van der Waals surface area contributed by atoms with E-state index < -0.39 is 17.4 Å². The molecule has 0 saturated carbocycles. The lowest BCUT2D eigenvalue weighted by Gasteiger charge is -2.44. The Bertz CT molecular complexity index is 968. The number of hydrogen-bond donors (Lipinski definition) is 2. The van der Waals surface area contributed by atoms with Gasteiger partial charge in [-0.1, -0.05) is 12.1 Å². The number of hydrogen-bond acceptors (Lipinski definition) is 5. The minimum absolute atomic E-state index is 0.00571. The van der Waals surface area contributed by atoms with Crippen LogP contribution in [-0.4, -0.2) is 57.7 Å². The highest BCUT2D eigenvalue weighted by Gasteiger charge is 2.34. The SMILES string of the molecule is C[C@@H]1CN(C(=O)OC(C)(C)C)C[C@H](C)N1Cc1cccc(NC(=O)Nc2cccnc2)c1F. The predicted molar refractivity (Wildman–Crippen MR) is 126 cm³/mol. The first-order valence-electron chi connectivity index (χ1n) is 11.0. The lowest BCUT2D eigenvalue weighted by molar-refractivity contribution is -0.00990. The van der Waals surface area contributed by atoms with Crippen LogP contribution in [0, 0.1) is 5.82 Å². The molecule has 1 fully saturated rings. The van der Waals surface area contributed by atoms with Crippen molar-refractivity contribution in [2.24, 2.45) is 0 Å². The molecule has 33 heavy (non-hydrogen) atoms. The summed E-state index contributed by atoms with van der Waals surface area (Å²) < 4.78 is 20.7. The maximum Gasteiger partial charge on any atom is 0.410 e. The highest BCUT2D eigenvalue weighted by atomic mass is 19.1. The summed E-state index contributed by atoms with van der Waals surface area (Å²) in [6.07, 6.45) is 2.77. The Kier molecular flexibility index (Phi) is 7.53. The van der Waals surface area contributed by atoms with Crippen LogP contribution in [0.25, 0.3) is 0 Å². The first-order chi connectivity index (χ1) is 15.5. The molecule has 0 radical (unpaired) electrons. The van der Waals surface area contributed by atoms with Crippen LogP contribution in [0.4, 0.5) is 25.4 Å². The summed E-state index contributed by atoms with van der Waals surface area (Å²) in [5.41, 5.74) is 0.526. The second-order valence-electron chi connectivity index (χ2n) is 9.36. The molecule has 8 nitrogen and oxygen atoms in total. The number of urea groups is 1. The Morgan fingerprint density at radius 3 is 2.42 bits per heavy atom. The number of halogens is 1. The number of carbonyl (C=O) groups is 2. The zero-order chi connectivity index (χ0) is 24.2. The number of aromatic nitrogens is 1. The number of piperazine rings is 1. The number of nitrogens with one attached hydrogen (secondary N) is 2. The number of amides is 3. The summed E-state index contributed by atoms with van der Waals surface area (Å²) in [5, 5.41) is 5.19. The van der Waals surface area contributed by atoms with E-state index in [9.17, 15) is 9.59 Å². The van der Waals surface area contributed by atoms with Gasteiger partial charge in [-0.15, -0.1) is 0 Å².